The van der Waals surface area contributed by atoms with Crippen molar-refractivity contribution in [2.24, 2.45) is 0 Å². The Hall–Kier alpha value is -2.10. The van der Waals surface area contributed by atoms with Gasteiger partial charge in [-0.25, -0.2) is 0 Å². The van der Waals surface area contributed by atoms with Crippen LogP contribution in [-0.4, -0.2) is 15.5 Å². The van der Waals surface area contributed by atoms with Gasteiger partial charge in [-0.2, -0.15) is 0 Å². The first kappa shape index (κ1) is 14.3. The maximum Gasteiger partial charge on any atom is 0.268 e. The van der Waals surface area contributed by atoms with Crippen molar-refractivity contribution < 1.29 is 4.79 Å². The molecule has 2 aromatic rings. The number of carbonyl (C=O) groups is 1. The zero-order valence-corrected chi connectivity index (χ0v) is 12.5. The molecule has 0 saturated carbocycles. The highest BCUT2D eigenvalue weighted by atomic mass is 16.1. The SMILES string of the molecule is Cc1cc(C)c(CNC(=O)c2cccn2C(C)C)cn1. The molecule has 2 heterocycles. The summed E-state index contributed by atoms with van der Waals surface area (Å²) in [6.45, 7) is 8.62. The van der Waals surface area contributed by atoms with Gasteiger partial charge in [-0.15, -0.1) is 0 Å². The Morgan fingerprint density at radius 2 is 2.15 bits per heavy atom. The molecule has 1 amide bonds. The van der Waals surface area contributed by atoms with Crippen molar-refractivity contribution in [3.8, 4) is 0 Å². The van der Waals surface area contributed by atoms with Crippen molar-refractivity contribution in [3.63, 3.8) is 0 Å². The van der Waals surface area contributed by atoms with Crippen molar-refractivity contribution in [3.05, 3.63) is 53.1 Å². The Morgan fingerprint density at radius 3 is 2.80 bits per heavy atom. The molecule has 0 aromatic carbocycles. The van der Waals surface area contributed by atoms with Crippen molar-refractivity contribution in [2.75, 3.05) is 0 Å². The fraction of sp³-hybridized carbons (Fsp3) is 0.375. The number of carbonyl (C=O) groups excluding carboxylic acids is 1. The number of aromatic nitrogens is 2. The molecule has 0 aliphatic rings. The molecule has 4 nitrogen and oxygen atoms in total. The molecule has 106 valence electrons. The van der Waals surface area contributed by atoms with Crippen LogP contribution in [0.3, 0.4) is 0 Å². The third-order valence-electron chi connectivity index (χ3n) is 3.36. The molecule has 4 heteroatoms. The number of pyridine rings is 1. The van der Waals surface area contributed by atoms with Crippen LogP contribution in [0.2, 0.25) is 0 Å². The first-order chi connectivity index (χ1) is 9.49. The van der Waals surface area contributed by atoms with Crippen LogP contribution in [0.4, 0.5) is 0 Å². The van der Waals surface area contributed by atoms with Crippen molar-refractivity contribution in [1.82, 2.24) is 14.9 Å². The average molecular weight is 271 g/mol. The highest BCUT2D eigenvalue weighted by Crippen LogP contribution is 2.12. The second kappa shape index (κ2) is 5.90. The van der Waals surface area contributed by atoms with E-state index in [-0.39, 0.29) is 11.9 Å². The van der Waals surface area contributed by atoms with Crippen LogP contribution in [-0.2, 0) is 6.54 Å². The summed E-state index contributed by atoms with van der Waals surface area (Å²) in [5.74, 6) is -0.0522. The predicted octanol–water partition coefficient (Wildman–Crippen LogP) is 3.01. The fourth-order valence-electron chi connectivity index (χ4n) is 2.21. The van der Waals surface area contributed by atoms with Crippen molar-refractivity contribution in [1.29, 1.82) is 0 Å². The van der Waals surface area contributed by atoms with Gasteiger partial charge in [0, 0.05) is 30.7 Å². The third kappa shape index (κ3) is 3.07. The van der Waals surface area contributed by atoms with Gasteiger partial charge in [-0.3, -0.25) is 9.78 Å². The van der Waals surface area contributed by atoms with Crippen LogP contribution in [0.5, 0.6) is 0 Å². The van der Waals surface area contributed by atoms with Gasteiger partial charge < -0.3 is 9.88 Å². The molecular weight excluding hydrogens is 250 g/mol. The van der Waals surface area contributed by atoms with Crippen LogP contribution < -0.4 is 5.32 Å². The van der Waals surface area contributed by atoms with E-state index >= 15 is 0 Å². The molecule has 2 aromatic heterocycles. The Morgan fingerprint density at radius 1 is 1.40 bits per heavy atom. The van der Waals surface area contributed by atoms with E-state index in [1.807, 2.05) is 49.0 Å². The molecule has 20 heavy (non-hydrogen) atoms. The molecule has 0 bridgehead atoms. The van der Waals surface area contributed by atoms with E-state index in [0.29, 0.717) is 12.2 Å². The first-order valence-corrected chi connectivity index (χ1v) is 6.86. The van der Waals surface area contributed by atoms with Gasteiger partial charge in [0.05, 0.1) is 0 Å². The molecule has 0 atom stereocenters. The van der Waals surface area contributed by atoms with Crippen molar-refractivity contribution in [2.45, 2.75) is 40.3 Å². The smallest absolute Gasteiger partial charge is 0.268 e. The standard InChI is InChI=1S/C16H21N3O/c1-11(2)19-7-5-6-15(19)16(20)18-10-14-9-17-13(4)8-12(14)3/h5-9,11H,10H2,1-4H3,(H,18,20). The lowest BCUT2D eigenvalue weighted by molar-refractivity contribution is 0.0940. The van der Waals surface area contributed by atoms with Gasteiger partial charge in [0.1, 0.15) is 5.69 Å². The Labute approximate surface area is 119 Å². The van der Waals surface area contributed by atoms with Gasteiger partial charge in [-0.05, 0) is 57.0 Å². The number of amides is 1. The molecule has 0 spiro atoms. The summed E-state index contributed by atoms with van der Waals surface area (Å²) < 4.78 is 1.97. The highest BCUT2D eigenvalue weighted by Gasteiger charge is 2.12. The molecule has 0 saturated heterocycles. The van der Waals surface area contributed by atoms with Crippen LogP contribution in [0, 0.1) is 13.8 Å². The van der Waals surface area contributed by atoms with Crippen LogP contribution in [0.1, 0.15) is 47.2 Å². The zero-order valence-electron chi connectivity index (χ0n) is 12.5. The van der Waals surface area contributed by atoms with Crippen molar-refractivity contribution >= 4 is 5.91 Å². The van der Waals surface area contributed by atoms with Gasteiger partial charge in [0.15, 0.2) is 0 Å². The summed E-state index contributed by atoms with van der Waals surface area (Å²) in [6, 6.07) is 6.04. The van der Waals surface area contributed by atoms with Crippen LogP contribution in [0.15, 0.2) is 30.6 Å². The number of rotatable bonds is 4. The lowest BCUT2D eigenvalue weighted by Gasteiger charge is -2.13. The minimum absolute atomic E-state index is 0.0522. The normalized spacial score (nSPS) is 10.8. The second-order valence-electron chi connectivity index (χ2n) is 5.33. The summed E-state index contributed by atoms with van der Waals surface area (Å²) in [4.78, 5) is 16.5. The van der Waals surface area contributed by atoms with E-state index in [9.17, 15) is 4.79 Å². The van der Waals surface area contributed by atoms with E-state index in [0.717, 1.165) is 16.8 Å². The van der Waals surface area contributed by atoms with Gasteiger partial charge in [0.2, 0.25) is 0 Å². The lowest BCUT2D eigenvalue weighted by atomic mass is 10.1. The molecular formula is C16H21N3O. The molecule has 1 N–H and O–H groups in total. The quantitative estimate of drug-likeness (QED) is 0.929. The second-order valence-corrected chi connectivity index (χ2v) is 5.33. The number of hydrogen-bond acceptors (Lipinski definition) is 2. The predicted molar refractivity (Wildman–Crippen MR) is 79.7 cm³/mol. The largest absolute Gasteiger partial charge is 0.347 e. The zero-order chi connectivity index (χ0) is 14.7. The monoisotopic (exact) mass is 271 g/mol. The maximum atomic E-state index is 12.2. The number of nitrogens with zero attached hydrogens (tertiary/aromatic N) is 2. The minimum atomic E-state index is -0.0522. The molecule has 0 unspecified atom stereocenters. The maximum absolute atomic E-state index is 12.2. The Bertz CT molecular complexity index is 614. The summed E-state index contributed by atoms with van der Waals surface area (Å²) in [5.41, 5.74) is 3.88. The highest BCUT2D eigenvalue weighted by molar-refractivity contribution is 5.92. The van der Waals surface area contributed by atoms with Gasteiger partial charge >= 0.3 is 0 Å². The number of aryl methyl sites for hydroxylation is 2. The number of hydrogen-bond donors (Lipinski definition) is 1. The molecule has 0 aliphatic heterocycles. The Kier molecular flexibility index (Phi) is 4.23. The van der Waals surface area contributed by atoms with Crippen LogP contribution in [0.25, 0.3) is 0 Å². The summed E-state index contributed by atoms with van der Waals surface area (Å²) in [5, 5.41) is 2.96. The van der Waals surface area contributed by atoms with Crippen LogP contribution >= 0.6 is 0 Å². The third-order valence-corrected chi connectivity index (χ3v) is 3.36. The molecule has 0 aliphatic carbocycles. The fourth-order valence-corrected chi connectivity index (χ4v) is 2.21. The summed E-state index contributed by atoms with van der Waals surface area (Å²) in [6.07, 6.45) is 3.75. The lowest BCUT2D eigenvalue weighted by Crippen LogP contribution is -2.26. The Balaban J connectivity index is 2.07. The van der Waals surface area contributed by atoms with E-state index < -0.39 is 0 Å². The first-order valence-electron chi connectivity index (χ1n) is 6.86. The van der Waals surface area contributed by atoms with E-state index in [1.165, 1.54) is 0 Å². The average Bonchev–Trinajstić information content (AvgIpc) is 2.86. The van der Waals surface area contributed by atoms with Gasteiger partial charge in [-0.1, -0.05) is 0 Å². The minimum Gasteiger partial charge on any atom is -0.347 e. The summed E-state index contributed by atoms with van der Waals surface area (Å²) >= 11 is 0. The number of nitrogens with one attached hydrogen (secondary N) is 1. The topological polar surface area (TPSA) is 46.9 Å². The molecule has 0 fully saturated rings. The molecule has 0 radical (unpaired) electrons. The van der Waals surface area contributed by atoms with E-state index in [4.69, 9.17) is 0 Å². The van der Waals surface area contributed by atoms with E-state index in [2.05, 4.69) is 24.1 Å². The summed E-state index contributed by atoms with van der Waals surface area (Å²) in [7, 11) is 0. The van der Waals surface area contributed by atoms with E-state index in [1.54, 1.807) is 0 Å². The molecule has 2 rings (SSSR count). The van der Waals surface area contributed by atoms with Gasteiger partial charge in [0.25, 0.3) is 5.91 Å².